The molecule has 0 unspecified atom stereocenters. The highest BCUT2D eigenvalue weighted by Gasteiger charge is 2.22. The van der Waals surface area contributed by atoms with Crippen LogP contribution in [0.4, 0.5) is 5.69 Å². The molecule has 3 aromatic rings. The second-order valence-electron chi connectivity index (χ2n) is 8.35. The Balaban J connectivity index is 1.20. The Morgan fingerprint density at radius 2 is 1.64 bits per heavy atom. The molecule has 4 rings (SSSR count). The third kappa shape index (κ3) is 6.11. The summed E-state index contributed by atoms with van der Waals surface area (Å²) in [4.78, 5) is 29.2. The highest BCUT2D eigenvalue weighted by molar-refractivity contribution is 5.93. The quantitative estimate of drug-likeness (QED) is 0.564. The number of carbonyl (C=O) groups is 2. The molecule has 1 saturated heterocycles. The predicted octanol–water partition coefficient (Wildman–Crippen LogP) is 4.22. The van der Waals surface area contributed by atoms with Gasteiger partial charge < -0.3 is 14.6 Å². The Labute approximate surface area is 195 Å². The maximum atomic E-state index is 12.7. The zero-order valence-electron chi connectivity index (χ0n) is 19.1. The van der Waals surface area contributed by atoms with Gasteiger partial charge in [0.05, 0.1) is 6.54 Å². The molecular weight excluding hydrogens is 414 g/mol. The molecule has 33 heavy (non-hydrogen) atoms. The molecule has 2 aromatic carbocycles. The number of anilines is 1. The van der Waals surface area contributed by atoms with Crippen LogP contribution in [0.2, 0.25) is 0 Å². The lowest BCUT2D eigenvalue weighted by Crippen LogP contribution is -2.50. The van der Waals surface area contributed by atoms with E-state index >= 15 is 0 Å². The molecule has 0 radical (unpaired) electrons. The predicted molar refractivity (Wildman–Crippen MR) is 130 cm³/mol. The average molecular weight is 446 g/mol. The van der Waals surface area contributed by atoms with E-state index in [1.807, 2.05) is 71.6 Å². The van der Waals surface area contributed by atoms with E-state index in [0.29, 0.717) is 45.6 Å². The number of benzene rings is 2. The molecule has 0 atom stereocenters. The first kappa shape index (κ1) is 22.8. The van der Waals surface area contributed by atoms with Crippen molar-refractivity contribution < 1.29 is 14.0 Å². The lowest BCUT2D eigenvalue weighted by atomic mass is 10.1. The Morgan fingerprint density at radius 3 is 2.39 bits per heavy atom. The first-order valence-corrected chi connectivity index (χ1v) is 11.6. The molecule has 1 N–H and O–H groups in total. The third-order valence-corrected chi connectivity index (χ3v) is 6.07. The number of para-hydroxylation sites is 1. The molecular formula is C27H31N3O3. The summed E-state index contributed by atoms with van der Waals surface area (Å²) in [5, 5.41) is 3.02. The van der Waals surface area contributed by atoms with Crippen LogP contribution < -0.4 is 5.32 Å². The Bertz CT molecular complexity index is 1070. The van der Waals surface area contributed by atoms with Gasteiger partial charge in [0.25, 0.3) is 0 Å². The highest BCUT2D eigenvalue weighted by Crippen LogP contribution is 2.22. The van der Waals surface area contributed by atoms with E-state index in [9.17, 15) is 9.59 Å². The van der Waals surface area contributed by atoms with Gasteiger partial charge in [-0.15, -0.1) is 0 Å². The average Bonchev–Trinajstić information content (AvgIpc) is 3.33. The molecule has 6 heteroatoms. The first-order chi connectivity index (χ1) is 16.1. The van der Waals surface area contributed by atoms with Gasteiger partial charge >= 0.3 is 0 Å². The van der Waals surface area contributed by atoms with Gasteiger partial charge in [-0.1, -0.05) is 55.5 Å². The second-order valence-corrected chi connectivity index (χ2v) is 8.35. The van der Waals surface area contributed by atoms with Crippen LogP contribution in [-0.4, -0.2) is 54.3 Å². The highest BCUT2D eigenvalue weighted by atomic mass is 16.3. The molecule has 1 aliphatic rings. The first-order valence-electron chi connectivity index (χ1n) is 11.6. The molecule has 0 saturated carbocycles. The van der Waals surface area contributed by atoms with E-state index in [-0.39, 0.29) is 11.8 Å². The maximum Gasteiger partial charge on any atom is 0.238 e. The van der Waals surface area contributed by atoms with Crippen LogP contribution in [0.3, 0.4) is 0 Å². The summed E-state index contributed by atoms with van der Waals surface area (Å²) in [5.74, 6) is 1.77. The van der Waals surface area contributed by atoms with E-state index in [2.05, 4.69) is 17.1 Å². The minimum absolute atomic E-state index is 0.0114. The van der Waals surface area contributed by atoms with Gasteiger partial charge in [0.15, 0.2) is 0 Å². The van der Waals surface area contributed by atoms with Crippen LogP contribution in [-0.2, 0) is 22.4 Å². The summed E-state index contributed by atoms with van der Waals surface area (Å²) in [6.45, 7) is 5.11. The number of hydrogen-bond donors (Lipinski definition) is 1. The van der Waals surface area contributed by atoms with Crippen molar-refractivity contribution in [3.8, 4) is 11.3 Å². The van der Waals surface area contributed by atoms with Crippen LogP contribution in [0, 0.1) is 0 Å². The Hall–Kier alpha value is -3.38. The number of nitrogens with one attached hydrogen (secondary N) is 1. The monoisotopic (exact) mass is 445 g/mol. The molecule has 1 aliphatic heterocycles. The van der Waals surface area contributed by atoms with E-state index in [0.717, 1.165) is 34.8 Å². The van der Waals surface area contributed by atoms with E-state index in [4.69, 9.17) is 4.42 Å². The molecule has 2 heterocycles. The van der Waals surface area contributed by atoms with Gasteiger partial charge in [0.1, 0.15) is 11.5 Å². The fraction of sp³-hybridized carbons (Fsp3) is 0.333. The Morgan fingerprint density at radius 1 is 0.909 bits per heavy atom. The smallest absolute Gasteiger partial charge is 0.238 e. The molecule has 0 bridgehead atoms. The molecule has 0 aliphatic carbocycles. The number of amides is 2. The maximum absolute atomic E-state index is 12.7. The summed E-state index contributed by atoms with van der Waals surface area (Å²) < 4.78 is 5.91. The number of furan rings is 1. The van der Waals surface area contributed by atoms with Crippen molar-refractivity contribution in [2.75, 3.05) is 38.0 Å². The van der Waals surface area contributed by atoms with Gasteiger partial charge in [0.2, 0.25) is 11.8 Å². The number of hydrogen-bond acceptors (Lipinski definition) is 4. The molecule has 1 fully saturated rings. The van der Waals surface area contributed by atoms with Crippen LogP contribution in [0.15, 0.2) is 71.1 Å². The second kappa shape index (κ2) is 11.0. The van der Waals surface area contributed by atoms with Crippen LogP contribution >= 0.6 is 0 Å². The Kier molecular flexibility index (Phi) is 7.58. The summed E-state index contributed by atoms with van der Waals surface area (Å²) in [5.41, 5.74) is 3.05. The summed E-state index contributed by atoms with van der Waals surface area (Å²) in [6, 6.07) is 21.8. The van der Waals surface area contributed by atoms with Gasteiger partial charge in [0, 0.05) is 50.3 Å². The van der Waals surface area contributed by atoms with E-state index in [1.165, 1.54) is 0 Å². The standard InChI is InChI=1S/C27H31N3O3/c1-2-21-8-6-7-11-24(21)28-26(31)20-29-16-18-30(19-17-29)27(32)15-13-23-12-14-25(33-23)22-9-4-3-5-10-22/h3-12,14H,2,13,15-20H2,1H3,(H,28,31). The summed E-state index contributed by atoms with van der Waals surface area (Å²) in [7, 11) is 0. The molecule has 0 spiro atoms. The zero-order valence-corrected chi connectivity index (χ0v) is 19.1. The number of aryl methyl sites for hydroxylation is 2. The van der Waals surface area contributed by atoms with Crippen molar-refractivity contribution in [3.63, 3.8) is 0 Å². The van der Waals surface area contributed by atoms with Gasteiger partial charge in [-0.3, -0.25) is 14.5 Å². The number of carbonyl (C=O) groups excluding carboxylic acids is 2. The topological polar surface area (TPSA) is 65.8 Å². The van der Waals surface area contributed by atoms with Crippen LogP contribution in [0.5, 0.6) is 0 Å². The van der Waals surface area contributed by atoms with Crippen molar-refractivity contribution in [2.24, 2.45) is 0 Å². The minimum Gasteiger partial charge on any atom is -0.461 e. The number of rotatable bonds is 8. The minimum atomic E-state index is -0.0114. The number of piperazine rings is 1. The molecule has 2 amide bonds. The largest absolute Gasteiger partial charge is 0.461 e. The van der Waals surface area contributed by atoms with Crippen LogP contribution in [0.25, 0.3) is 11.3 Å². The summed E-state index contributed by atoms with van der Waals surface area (Å²) in [6.07, 6.45) is 1.89. The van der Waals surface area contributed by atoms with Crippen LogP contribution in [0.1, 0.15) is 24.7 Å². The van der Waals surface area contributed by atoms with Gasteiger partial charge in [-0.2, -0.15) is 0 Å². The lowest BCUT2D eigenvalue weighted by molar-refractivity contribution is -0.133. The molecule has 172 valence electrons. The summed E-state index contributed by atoms with van der Waals surface area (Å²) >= 11 is 0. The van der Waals surface area contributed by atoms with Crippen molar-refractivity contribution in [1.29, 1.82) is 0 Å². The van der Waals surface area contributed by atoms with Crippen molar-refractivity contribution in [2.45, 2.75) is 26.2 Å². The third-order valence-electron chi connectivity index (χ3n) is 6.07. The van der Waals surface area contributed by atoms with E-state index < -0.39 is 0 Å². The van der Waals surface area contributed by atoms with E-state index in [1.54, 1.807) is 0 Å². The SMILES string of the molecule is CCc1ccccc1NC(=O)CN1CCN(C(=O)CCc2ccc(-c3ccccc3)o2)CC1. The number of nitrogens with zero attached hydrogens (tertiary/aromatic N) is 2. The van der Waals surface area contributed by atoms with Crippen molar-refractivity contribution in [1.82, 2.24) is 9.80 Å². The van der Waals surface area contributed by atoms with Gasteiger partial charge in [-0.05, 0) is 30.2 Å². The molecule has 6 nitrogen and oxygen atoms in total. The fourth-order valence-electron chi connectivity index (χ4n) is 4.16. The molecule has 1 aromatic heterocycles. The zero-order chi connectivity index (χ0) is 23.0. The van der Waals surface area contributed by atoms with Crippen molar-refractivity contribution in [3.05, 3.63) is 78.1 Å². The van der Waals surface area contributed by atoms with Gasteiger partial charge in [-0.25, -0.2) is 0 Å². The fourth-order valence-corrected chi connectivity index (χ4v) is 4.16. The van der Waals surface area contributed by atoms with Crippen molar-refractivity contribution >= 4 is 17.5 Å². The lowest BCUT2D eigenvalue weighted by Gasteiger charge is -2.34. The normalized spacial score (nSPS) is 14.3.